The number of aryl methyl sites for hydroxylation is 2. The number of nitrogens with zero attached hydrogens (tertiary/aromatic N) is 5. The van der Waals surface area contributed by atoms with E-state index in [4.69, 9.17) is 0 Å². The summed E-state index contributed by atoms with van der Waals surface area (Å²) >= 11 is 0. The van der Waals surface area contributed by atoms with Gasteiger partial charge < -0.3 is 15.4 Å². The third kappa shape index (κ3) is 3.68. The summed E-state index contributed by atoms with van der Waals surface area (Å²) in [6, 6.07) is 1.39. The van der Waals surface area contributed by atoms with Crippen LogP contribution in [0.3, 0.4) is 0 Å². The van der Waals surface area contributed by atoms with Gasteiger partial charge in [0.15, 0.2) is 0 Å². The van der Waals surface area contributed by atoms with E-state index in [0.717, 1.165) is 5.56 Å². The molecule has 1 unspecified atom stereocenters. The fraction of sp³-hybridized carbons (Fsp3) is 0.462. The molecule has 0 radical (unpaired) electrons. The largest absolute Gasteiger partial charge is 0.390 e. The van der Waals surface area contributed by atoms with E-state index in [1.54, 1.807) is 31.8 Å². The van der Waals surface area contributed by atoms with Gasteiger partial charge >= 0.3 is 5.82 Å². The van der Waals surface area contributed by atoms with Crippen LogP contribution in [-0.4, -0.2) is 30.4 Å². The Morgan fingerprint density at radius 2 is 2.27 bits per heavy atom. The highest BCUT2D eigenvalue weighted by Crippen LogP contribution is 2.13. The maximum absolute atomic E-state index is 12.1. The lowest BCUT2D eigenvalue weighted by atomic mass is 10.1. The summed E-state index contributed by atoms with van der Waals surface area (Å²) in [5, 5.41) is 21.4. The SMILES string of the molecule is Cc1cc([N+](=O)[O-])nn1CC(C)C(=O)NCc1cnn(C)c1. The molecule has 0 aliphatic rings. The van der Waals surface area contributed by atoms with Crippen LogP contribution in [0.1, 0.15) is 18.2 Å². The van der Waals surface area contributed by atoms with Crippen molar-refractivity contribution in [1.29, 1.82) is 0 Å². The van der Waals surface area contributed by atoms with E-state index in [0.29, 0.717) is 18.8 Å². The number of hydrogen-bond acceptors (Lipinski definition) is 5. The molecule has 0 aliphatic heterocycles. The first-order valence-electron chi connectivity index (χ1n) is 6.81. The lowest BCUT2D eigenvalue weighted by Crippen LogP contribution is -2.31. The lowest BCUT2D eigenvalue weighted by molar-refractivity contribution is -0.389. The van der Waals surface area contributed by atoms with Gasteiger partial charge in [-0.2, -0.15) is 9.78 Å². The Morgan fingerprint density at radius 3 is 2.82 bits per heavy atom. The number of rotatable bonds is 6. The van der Waals surface area contributed by atoms with Crippen LogP contribution in [-0.2, 0) is 24.9 Å². The summed E-state index contributed by atoms with van der Waals surface area (Å²) in [7, 11) is 1.81. The quantitative estimate of drug-likeness (QED) is 0.627. The topological polar surface area (TPSA) is 108 Å². The van der Waals surface area contributed by atoms with Crippen molar-refractivity contribution in [3.05, 3.63) is 39.8 Å². The Bertz CT molecular complexity index is 690. The molecular formula is C13H18N6O3. The zero-order valence-corrected chi connectivity index (χ0v) is 12.7. The lowest BCUT2D eigenvalue weighted by Gasteiger charge is -2.10. The van der Waals surface area contributed by atoms with Gasteiger partial charge in [0, 0.05) is 25.4 Å². The standard InChI is InChI=1S/C13H18N6O3/c1-9(7-18-10(2)4-12(16-18)19(21)22)13(20)14-5-11-6-15-17(3)8-11/h4,6,8-9H,5,7H2,1-3H3,(H,14,20). The van der Waals surface area contributed by atoms with E-state index < -0.39 is 4.92 Å². The van der Waals surface area contributed by atoms with Crippen LogP contribution >= 0.6 is 0 Å². The highest BCUT2D eigenvalue weighted by atomic mass is 16.6. The molecule has 9 nitrogen and oxygen atoms in total. The minimum atomic E-state index is -0.545. The molecule has 2 heterocycles. The van der Waals surface area contributed by atoms with Crippen LogP contribution in [0, 0.1) is 23.0 Å². The zero-order chi connectivity index (χ0) is 16.3. The summed E-state index contributed by atoms with van der Waals surface area (Å²) in [5.41, 5.74) is 1.56. The third-order valence-corrected chi connectivity index (χ3v) is 3.27. The van der Waals surface area contributed by atoms with E-state index in [-0.39, 0.29) is 17.6 Å². The minimum absolute atomic E-state index is 0.138. The van der Waals surface area contributed by atoms with Gasteiger partial charge in [-0.15, -0.1) is 0 Å². The van der Waals surface area contributed by atoms with Gasteiger partial charge in [-0.1, -0.05) is 6.92 Å². The predicted octanol–water partition coefficient (Wildman–Crippen LogP) is 0.786. The molecule has 2 aromatic rings. The molecule has 0 aromatic carbocycles. The van der Waals surface area contributed by atoms with Crippen LogP contribution in [0.25, 0.3) is 0 Å². The van der Waals surface area contributed by atoms with E-state index in [9.17, 15) is 14.9 Å². The van der Waals surface area contributed by atoms with Gasteiger partial charge in [-0.25, -0.2) is 0 Å². The van der Waals surface area contributed by atoms with Crippen molar-refractivity contribution < 1.29 is 9.72 Å². The highest BCUT2D eigenvalue weighted by molar-refractivity contribution is 5.78. The molecule has 118 valence electrons. The molecule has 0 fully saturated rings. The second-order valence-electron chi connectivity index (χ2n) is 5.22. The molecule has 0 spiro atoms. The second-order valence-corrected chi connectivity index (χ2v) is 5.22. The van der Waals surface area contributed by atoms with E-state index in [1.807, 2.05) is 6.20 Å². The van der Waals surface area contributed by atoms with Crippen molar-refractivity contribution in [3.8, 4) is 0 Å². The third-order valence-electron chi connectivity index (χ3n) is 3.27. The maximum atomic E-state index is 12.1. The summed E-state index contributed by atoms with van der Waals surface area (Å²) in [5.74, 6) is -0.697. The summed E-state index contributed by atoms with van der Waals surface area (Å²) in [6.45, 7) is 4.17. The maximum Gasteiger partial charge on any atom is 0.390 e. The first-order valence-corrected chi connectivity index (χ1v) is 6.81. The molecule has 0 saturated heterocycles. The highest BCUT2D eigenvalue weighted by Gasteiger charge is 2.20. The van der Waals surface area contributed by atoms with Gasteiger partial charge in [0.05, 0.1) is 35.5 Å². The van der Waals surface area contributed by atoms with Gasteiger partial charge in [0.2, 0.25) is 5.91 Å². The van der Waals surface area contributed by atoms with Crippen molar-refractivity contribution in [2.75, 3.05) is 0 Å². The number of amides is 1. The normalized spacial score (nSPS) is 12.1. The van der Waals surface area contributed by atoms with Crippen molar-refractivity contribution in [2.24, 2.45) is 13.0 Å². The molecule has 9 heteroatoms. The van der Waals surface area contributed by atoms with Crippen molar-refractivity contribution in [2.45, 2.75) is 26.9 Å². The summed E-state index contributed by atoms with van der Waals surface area (Å²) in [4.78, 5) is 22.2. The van der Waals surface area contributed by atoms with Crippen molar-refractivity contribution in [3.63, 3.8) is 0 Å². The van der Waals surface area contributed by atoms with Crippen LogP contribution in [0.2, 0.25) is 0 Å². The summed E-state index contributed by atoms with van der Waals surface area (Å²) < 4.78 is 3.14. The second kappa shape index (κ2) is 6.37. The molecule has 0 bridgehead atoms. The molecule has 2 rings (SSSR count). The molecule has 1 N–H and O–H groups in total. The monoisotopic (exact) mass is 306 g/mol. The Kier molecular flexibility index (Phi) is 4.54. The predicted molar refractivity (Wildman–Crippen MR) is 77.8 cm³/mol. The fourth-order valence-corrected chi connectivity index (χ4v) is 2.04. The number of nitro groups is 1. The molecule has 0 aliphatic carbocycles. The van der Waals surface area contributed by atoms with Crippen LogP contribution in [0.15, 0.2) is 18.5 Å². The van der Waals surface area contributed by atoms with Gasteiger partial charge in [0.25, 0.3) is 0 Å². The Hall–Kier alpha value is -2.71. The minimum Gasteiger partial charge on any atom is -0.358 e. The Balaban J connectivity index is 1.92. The van der Waals surface area contributed by atoms with Crippen LogP contribution in [0.5, 0.6) is 0 Å². The number of aromatic nitrogens is 4. The Morgan fingerprint density at radius 1 is 1.55 bits per heavy atom. The van der Waals surface area contributed by atoms with Gasteiger partial charge in [-0.3, -0.25) is 9.48 Å². The van der Waals surface area contributed by atoms with E-state index in [2.05, 4.69) is 15.5 Å². The number of carbonyl (C=O) groups excluding carboxylic acids is 1. The van der Waals surface area contributed by atoms with E-state index in [1.165, 1.54) is 10.7 Å². The van der Waals surface area contributed by atoms with Crippen molar-refractivity contribution in [1.82, 2.24) is 24.9 Å². The number of hydrogen-bond donors (Lipinski definition) is 1. The van der Waals surface area contributed by atoms with E-state index >= 15 is 0 Å². The molecule has 1 atom stereocenters. The Labute approximate surface area is 127 Å². The molecular weight excluding hydrogens is 288 g/mol. The first kappa shape index (κ1) is 15.7. The smallest absolute Gasteiger partial charge is 0.358 e. The van der Waals surface area contributed by atoms with Crippen LogP contribution < -0.4 is 5.32 Å². The molecule has 2 aromatic heterocycles. The fourth-order valence-electron chi connectivity index (χ4n) is 2.04. The van der Waals surface area contributed by atoms with Gasteiger partial charge in [0.1, 0.15) is 0 Å². The first-order chi connectivity index (χ1) is 10.4. The average molecular weight is 306 g/mol. The van der Waals surface area contributed by atoms with Gasteiger partial charge in [-0.05, 0) is 11.8 Å². The zero-order valence-electron chi connectivity index (χ0n) is 12.7. The molecule has 0 saturated carbocycles. The number of nitrogens with one attached hydrogen (secondary N) is 1. The number of carbonyl (C=O) groups is 1. The summed E-state index contributed by atoms with van der Waals surface area (Å²) in [6.07, 6.45) is 3.51. The van der Waals surface area contributed by atoms with Crippen molar-refractivity contribution >= 4 is 11.7 Å². The molecule has 22 heavy (non-hydrogen) atoms. The average Bonchev–Trinajstić information content (AvgIpc) is 3.03. The molecule has 1 amide bonds. The van der Waals surface area contributed by atoms with Crippen LogP contribution in [0.4, 0.5) is 5.82 Å².